The van der Waals surface area contributed by atoms with Crippen LogP contribution in [0.25, 0.3) is 0 Å². The summed E-state index contributed by atoms with van der Waals surface area (Å²) in [6.07, 6.45) is 0. The van der Waals surface area contributed by atoms with Crippen molar-refractivity contribution in [2.24, 2.45) is 0 Å². The van der Waals surface area contributed by atoms with Gasteiger partial charge >= 0.3 is 0 Å². The maximum atomic E-state index is 13.9. The summed E-state index contributed by atoms with van der Waals surface area (Å²) >= 11 is 6.79. The monoisotopic (exact) mass is 679 g/mol. The fourth-order valence-electron chi connectivity index (χ4n) is 3.91. The zero-order chi connectivity index (χ0) is 28.7. The van der Waals surface area contributed by atoms with Crippen LogP contribution in [0.4, 0.5) is 5.69 Å². The highest BCUT2D eigenvalue weighted by molar-refractivity contribution is 9.10. The number of amides is 2. The van der Waals surface area contributed by atoms with Gasteiger partial charge in [0.05, 0.1) is 22.2 Å². The number of anilines is 1. The summed E-state index contributed by atoms with van der Waals surface area (Å²) in [6, 6.07) is 17.9. The number of benzene rings is 3. The first-order valence-corrected chi connectivity index (χ1v) is 15.2. The lowest BCUT2D eigenvalue weighted by Gasteiger charge is -2.32. The predicted molar refractivity (Wildman–Crippen MR) is 159 cm³/mol. The molecule has 0 spiro atoms. The summed E-state index contributed by atoms with van der Waals surface area (Å²) in [6.45, 7) is 5.33. The van der Waals surface area contributed by atoms with Gasteiger partial charge in [0, 0.05) is 17.6 Å². The molecule has 208 valence electrons. The van der Waals surface area contributed by atoms with E-state index in [1.54, 1.807) is 44.2 Å². The molecule has 1 atom stereocenters. The summed E-state index contributed by atoms with van der Waals surface area (Å²) in [4.78, 5) is 28.1. The third-order valence-corrected chi connectivity index (χ3v) is 8.96. The van der Waals surface area contributed by atoms with Gasteiger partial charge in [0.2, 0.25) is 11.8 Å². The molecule has 0 fully saturated rings. The number of rotatable bonds is 11. The number of halogens is 2. The molecule has 0 bridgehead atoms. The molecule has 0 aliphatic heterocycles. The highest BCUT2D eigenvalue weighted by Crippen LogP contribution is 2.31. The number of sulfonamides is 1. The molecule has 0 saturated heterocycles. The van der Waals surface area contributed by atoms with E-state index >= 15 is 0 Å². The molecule has 0 heterocycles. The van der Waals surface area contributed by atoms with Gasteiger partial charge in [-0.25, -0.2) is 8.42 Å². The molecule has 0 aliphatic rings. The first-order valence-electron chi connectivity index (χ1n) is 12.2. The fraction of sp³-hybridized carbons (Fsp3) is 0.286. The van der Waals surface area contributed by atoms with Crippen LogP contribution in [0.5, 0.6) is 5.75 Å². The lowest BCUT2D eigenvalue weighted by molar-refractivity contribution is -0.139. The van der Waals surface area contributed by atoms with E-state index in [1.807, 2.05) is 31.2 Å². The van der Waals surface area contributed by atoms with Crippen LogP contribution in [0.15, 0.2) is 80.6 Å². The summed E-state index contributed by atoms with van der Waals surface area (Å²) in [7, 11) is -2.70. The molecule has 8 nitrogen and oxygen atoms in total. The first kappa shape index (κ1) is 30.6. The molecule has 11 heteroatoms. The highest BCUT2D eigenvalue weighted by Gasteiger charge is 2.32. The smallest absolute Gasteiger partial charge is 0.264 e. The van der Waals surface area contributed by atoms with Gasteiger partial charge in [0.25, 0.3) is 10.0 Å². The third kappa shape index (κ3) is 7.61. The Labute approximate surface area is 246 Å². The Morgan fingerprint density at radius 2 is 1.72 bits per heavy atom. The second-order valence-electron chi connectivity index (χ2n) is 8.87. The van der Waals surface area contributed by atoms with E-state index in [0.717, 1.165) is 19.9 Å². The fourth-order valence-corrected chi connectivity index (χ4v) is 6.49. The zero-order valence-electron chi connectivity index (χ0n) is 22.1. The second kappa shape index (κ2) is 13.5. The normalized spacial score (nSPS) is 11.9. The Morgan fingerprint density at radius 1 is 1.03 bits per heavy atom. The predicted octanol–water partition coefficient (Wildman–Crippen LogP) is 5.28. The Balaban J connectivity index is 2.05. The van der Waals surface area contributed by atoms with Crippen LogP contribution in [-0.2, 0) is 26.2 Å². The van der Waals surface area contributed by atoms with Crippen LogP contribution in [0.3, 0.4) is 0 Å². The van der Waals surface area contributed by atoms with Crippen LogP contribution < -0.4 is 14.4 Å². The molecule has 0 aromatic heterocycles. The number of nitrogens with zero attached hydrogens (tertiary/aromatic N) is 2. The van der Waals surface area contributed by atoms with E-state index in [2.05, 4.69) is 37.2 Å². The SMILES string of the molecule is CCNC(=O)[C@H](C)N(Cc1cccc(Br)c1)C(=O)CN(c1ccc(C)cc1)S(=O)(=O)c1ccc(OC)c(Br)c1. The van der Waals surface area contributed by atoms with Crippen molar-refractivity contribution in [2.45, 2.75) is 38.3 Å². The first-order chi connectivity index (χ1) is 18.5. The van der Waals surface area contributed by atoms with Crippen molar-refractivity contribution in [1.29, 1.82) is 0 Å². The van der Waals surface area contributed by atoms with Crippen LogP contribution in [0, 0.1) is 6.92 Å². The lowest BCUT2D eigenvalue weighted by Crippen LogP contribution is -2.51. The quantitative estimate of drug-likeness (QED) is 0.298. The molecule has 39 heavy (non-hydrogen) atoms. The van der Waals surface area contributed by atoms with Gasteiger partial charge in [-0.2, -0.15) is 0 Å². The summed E-state index contributed by atoms with van der Waals surface area (Å²) in [5, 5.41) is 2.75. The maximum absolute atomic E-state index is 13.9. The highest BCUT2D eigenvalue weighted by atomic mass is 79.9. The Hall–Kier alpha value is -2.89. The Morgan fingerprint density at radius 3 is 2.31 bits per heavy atom. The van der Waals surface area contributed by atoms with E-state index in [-0.39, 0.29) is 17.3 Å². The molecule has 1 N–H and O–H groups in total. The van der Waals surface area contributed by atoms with Crippen LogP contribution in [-0.4, -0.2) is 51.4 Å². The molecular weight excluding hydrogens is 650 g/mol. The van der Waals surface area contributed by atoms with Gasteiger partial charge in [-0.05, 0) is 84.7 Å². The number of ether oxygens (including phenoxy) is 1. The van der Waals surface area contributed by atoms with Gasteiger partial charge in [-0.1, -0.05) is 45.8 Å². The Bertz CT molecular complexity index is 1430. The average Bonchev–Trinajstić information content (AvgIpc) is 2.90. The maximum Gasteiger partial charge on any atom is 0.264 e. The number of carbonyl (C=O) groups is 2. The number of carbonyl (C=O) groups excluding carboxylic acids is 2. The summed E-state index contributed by atoms with van der Waals surface area (Å²) in [5.41, 5.74) is 2.06. The molecule has 3 aromatic rings. The van der Waals surface area contributed by atoms with E-state index in [9.17, 15) is 18.0 Å². The zero-order valence-corrected chi connectivity index (χ0v) is 26.1. The van der Waals surface area contributed by atoms with Crippen molar-refractivity contribution in [1.82, 2.24) is 10.2 Å². The average molecular weight is 681 g/mol. The minimum atomic E-state index is -4.19. The van der Waals surface area contributed by atoms with Crippen LogP contribution >= 0.6 is 31.9 Å². The molecule has 2 amide bonds. The molecule has 3 rings (SSSR count). The van der Waals surface area contributed by atoms with Crippen molar-refractivity contribution in [2.75, 3.05) is 24.5 Å². The topological polar surface area (TPSA) is 96.0 Å². The molecule has 3 aromatic carbocycles. The summed E-state index contributed by atoms with van der Waals surface area (Å²) < 4.78 is 35.5. The van der Waals surface area contributed by atoms with Crippen molar-refractivity contribution in [3.63, 3.8) is 0 Å². The van der Waals surface area contributed by atoms with E-state index in [1.165, 1.54) is 24.1 Å². The number of methoxy groups -OCH3 is 1. The number of aryl methyl sites for hydroxylation is 1. The van der Waals surface area contributed by atoms with Gasteiger partial charge in [-0.15, -0.1) is 0 Å². The number of hydrogen-bond donors (Lipinski definition) is 1. The van der Waals surface area contributed by atoms with Crippen molar-refractivity contribution < 1.29 is 22.7 Å². The van der Waals surface area contributed by atoms with Crippen molar-refractivity contribution >= 4 is 59.4 Å². The molecule has 0 aliphatic carbocycles. The number of likely N-dealkylation sites (N-methyl/N-ethyl adjacent to an activating group) is 1. The number of hydrogen-bond acceptors (Lipinski definition) is 5. The van der Waals surface area contributed by atoms with Gasteiger partial charge in [0.15, 0.2) is 0 Å². The van der Waals surface area contributed by atoms with Gasteiger partial charge in [-0.3, -0.25) is 13.9 Å². The van der Waals surface area contributed by atoms with Gasteiger partial charge < -0.3 is 15.0 Å². The molecular formula is C28H31Br2N3O5S. The van der Waals surface area contributed by atoms with E-state index in [0.29, 0.717) is 22.5 Å². The minimum Gasteiger partial charge on any atom is -0.496 e. The van der Waals surface area contributed by atoms with Crippen molar-refractivity contribution in [3.8, 4) is 5.75 Å². The van der Waals surface area contributed by atoms with E-state index < -0.39 is 28.5 Å². The van der Waals surface area contributed by atoms with Crippen LogP contribution in [0.1, 0.15) is 25.0 Å². The van der Waals surface area contributed by atoms with Crippen LogP contribution in [0.2, 0.25) is 0 Å². The minimum absolute atomic E-state index is 0.0149. The third-order valence-electron chi connectivity index (χ3n) is 6.07. The molecule has 0 radical (unpaired) electrons. The molecule has 0 unspecified atom stereocenters. The Kier molecular flexibility index (Phi) is 10.6. The lowest BCUT2D eigenvalue weighted by atomic mass is 10.1. The molecule has 0 saturated carbocycles. The van der Waals surface area contributed by atoms with E-state index in [4.69, 9.17) is 4.74 Å². The standard InChI is InChI=1S/C28H31Br2N3O5S/c1-5-31-28(35)20(3)32(17-21-7-6-8-22(29)15-21)27(34)18-33(23-11-9-19(2)10-12-23)39(36,37)24-13-14-26(38-4)25(30)16-24/h6-16,20H,5,17-18H2,1-4H3,(H,31,35)/t20-/m0/s1. The summed E-state index contributed by atoms with van der Waals surface area (Å²) in [5.74, 6) is -0.377. The van der Waals surface area contributed by atoms with Gasteiger partial charge in [0.1, 0.15) is 18.3 Å². The number of nitrogens with one attached hydrogen (secondary N) is 1. The second-order valence-corrected chi connectivity index (χ2v) is 12.5. The largest absolute Gasteiger partial charge is 0.496 e. The van der Waals surface area contributed by atoms with Crippen molar-refractivity contribution in [3.05, 3.63) is 86.8 Å².